The Morgan fingerprint density at radius 2 is 1.91 bits per heavy atom. The fourth-order valence-electron chi connectivity index (χ4n) is 1.21. The van der Waals surface area contributed by atoms with Crippen LogP contribution in [0, 0.1) is 15.5 Å². The molecule has 1 aromatic heterocycles. The van der Waals surface area contributed by atoms with Gasteiger partial charge < -0.3 is 4.74 Å². The van der Waals surface area contributed by atoms with E-state index >= 15 is 0 Å². The zero-order valence-electron chi connectivity index (χ0n) is 14.7. The maximum absolute atomic E-state index is 11.1. The van der Waals surface area contributed by atoms with E-state index in [0.717, 1.165) is 23.2 Å². The Balaban J connectivity index is 0.000000496. The van der Waals surface area contributed by atoms with Crippen molar-refractivity contribution in [2.24, 2.45) is 5.41 Å². The van der Waals surface area contributed by atoms with Gasteiger partial charge in [-0.1, -0.05) is 34.1 Å². The van der Waals surface area contributed by atoms with E-state index in [0.29, 0.717) is 0 Å². The zero-order valence-corrected chi connectivity index (χ0v) is 15.5. The van der Waals surface area contributed by atoms with E-state index < -0.39 is 10.9 Å². The molecule has 0 radical (unpaired) electrons. The van der Waals surface area contributed by atoms with E-state index in [-0.39, 0.29) is 16.3 Å². The molecule has 0 atom stereocenters. The summed E-state index contributed by atoms with van der Waals surface area (Å²) >= 11 is 1.15. The minimum absolute atomic E-state index is 0.0713. The number of hydrogen-bond acceptors (Lipinski definition) is 6. The Morgan fingerprint density at radius 1 is 1.43 bits per heavy atom. The van der Waals surface area contributed by atoms with Crippen molar-refractivity contribution in [2.75, 3.05) is 13.4 Å². The molecule has 1 fully saturated rings. The van der Waals surface area contributed by atoms with Crippen LogP contribution in [0.5, 0.6) is 0 Å². The Bertz CT molecular complexity index is 527. The molecule has 0 aromatic carbocycles. The van der Waals surface area contributed by atoms with Gasteiger partial charge in [0.2, 0.25) is 0 Å². The van der Waals surface area contributed by atoms with Crippen LogP contribution < -0.4 is 0 Å². The number of nitro groups is 1. The number of thioether (sulfide) groups is 1. The van der Waals surface area contributed by atoms with Crippen LogP contribution in [0.4, 0.5) is 5.69 Å². The molecular formula is C16H26N2O4S. The van der Waals surface area contributed by atoms with Gasteiger partial charge in [-0.2, -0.15) is 0 Å². The van der Waals surface area contributed by atoms with Crippen LogP contribution in [0.3, 0.4) is 0 Å². The van der Waals surface area contributed by atoms with Gasteiger partial charge in [-0.25, -0.2) is 9.78 Å². The third-order valence-electron chi connectivity index (χ3n) is 2.89. The highest BCUT2D eigenvalue weighted by molar-refractivity contribution is 7.98. The lowest BCUT2D eigenvalue weighted by molar-refractivity contribution is -0.388. The molecule has 0 bridgehead atoms. The molecule has 23 heavy (non-hydrogen) atoms. The van der Waals surface area contributed by atoms with Crippen LogP contribution in [0.15, 0.2) is 17.3 Å². The molecule has 1 aliphatic carbocycles. The van der Waals surface area contributed by atoms with Crippen molar-refractivity contribution < 1.29 is 14.5 Å². The number of carbonyl (C=O) groups excluding carboxylic acids is 1. The number of esters is 1. The van der Waals surface area contributed by atoms with Gasteiger partial charge in [-0.05, 0) is 24.5 Å². The lowest BCUT2D eigenvalue weighted by Gasteiger charge is -2.01. The monoisotopic (exact) mass is 342 g/mol. The summed E-state index contributed by atoms with van der Waals surface area (Å²) in [5.41, 5.74) is 0.632. The highest BCUT2D eigenvalue weighted by atomic mass is 32.2. The van der Waals surface area contributed by atoms with Crippen LogP contribution in [0.2, 0.25) is 0 Å². The summed E-state index contributed by atoms with van der Waals surface area (Å²) in [5, 5.41) is 10.9. The van der Waals surface area contributed by atoms with E-state index in [1.807, 2.05) is 0 Å². The van der Waals surface area contributed by atoms with Gasteiger partial charge in [0.15, 0.2) is 5.03 Å². The summed E-state index contributed by atoms with van der Waals surface area (Å²) in [7, 11) is 1.21. The summed E-state index contributed by atoms with van der Waals surface area (Å²) in [6.45, 7) is 8.85. The van der Waals surface area contributed by atoms with Crippen molar-refractivity contribution in [2.45, 2.75) is 52.0 Å². The molecule has 7 heteroatoms. The summed E-state index contributed by atoms with van der Waals surface area (Å²) < 4.78 is 4.44. The first kappa shape index (κ1) is 21.4. The summed E-state index contributed by atoms with van der Waals surface area (Å²) in [6.07, 6.45) is 7.08. The van der Waals surface area contributed by atoms with E-state index in [1.165, 1.54) is 32.6 Å². The maximum atomic E-state index is 11.1. The van der Waals surface area contributed by atoms with Crippen molar-refractivity contribution >= 4 is 23.4 Å². The number of carbonyl (C=O) groups is 1. The Morgan fingerprint density at radius 3 is 2.22 bits per heavy atom. The Kier molecular flexibility index (Phi) is 9.48. The number of nitrogens with zero attached hydrogens (tertiary/aromatic N) is 2. The van der Waals surface area contributed by atoms with Gasteiger partial charge in [0.1, 0.15) is 0 Å². The minimum Gasteiger partial charge on any atom is -0.465 e. The van der Waals surface area contributed by atoms with E-state index in [9.17, 15) is 14.9 Å². The van der Waals surface area contributed by atoms with Crippen molar-refractivity contribution in [1.82, 2.24) is 4.98 Å². The van der Waals surface area contributed by atoms with Gasteiger partial charge in [0.05, 0.1) is 17.6 Å². The number of hydrogen-bond donors (Lipinski definition) is 0. The molecule has 0 aliphatic heterocycles. The van der Waals surface area contributed by atoms with Crippen molar-refractivity contribution in [3.63, 3.8) is 0 Å². The normalized spacial score (nSPS) is 13.7. The quantitative estimate of drug-likeness (QED) is 0.342. The molecule has 0 saturated heterocycles. The number of aromatic nitrogens is 1. The van der Waals surface area contributed by atoms with Crippen LogP contribution in [-0.2, 0) is 4.74 Å². The molecule has 1 aromatic rings. The van der Waals surface area contributed by atoms with E-state index in [1.54, 1.807) is 6.26 Å². The van der Waals surface area contributed by atoms with Crippen LogP contribution in [-0.4, -0.2) is 29.2 Å². The molecule has 2 rings (SSSR count). The molecule has 0 N–H and O–H groups in total. The lowest BCUT2D eigenvalue weighted by Crippen LogP contribution is -2.04. The molecule has 0 unspecified atom stereocenters. The highest BCUT2D eigenvalue weighted by Crippen LogP contribution is 2.43. The molecule has 1 saturated carbocycles. The van der Waals surface area contributed by atoms with Gasteiger partial charge in [-0.15, -0.1) is 11.8 Å². The summed E-state index contributed by atoms with van der Waals surface area (Å²) in [6, 6.07) is 1.16. The van der Waals surface area contributed by atoms with Gasteiger partial charge in [-0.3, -0.25) is 10.1 Å². The van der Waals surface area contributed by atoms with E-state index in [2.05, 4.69) is 37.4 Å². The van der Waals surface area contributed by atoms with E-state index in [4.69, 9.17) is 0 Å². The Labute approximate surface area is 142 Å². The third-order valence-corrected chi connectivity index (χ3v) is 3.59. The second-order valence-electron chi connectivity index (χ2n) is 5.87. The first-order chi connectivity index (χ1) is 10.7. The molecular weight excluding hydrogens is 316 g/mol. The fraction of sp³-hybridized carbons (Fsp3) is 0.625. The second-order valence-corrected chi connectivity index (χ2v) is 6.67. The summed E-state index contributed by atoms with van der Waals surface area (Å²) in [5.74, 6) is -0.641. The first-order valence-electron chi connectivity index (χ1n) is 7.49. The number of ether oxygens (including phenoxy) is 1. The molecule has 0 spiro atoms. The predicted octanol–water partition coefficient (Wildman–Crippen LogP) is 4.72. The van der Waals surface area contributed by atoms with Crippen molar-refractivity contribution in [3.05, 3.63) is 27.9 Å². The molecule has 1 aliphatic rings. The Hall–Kier alpha value is -1.63. The topological polar surface area (TPSA) is 82.3 Å². The molecule has 6 nitrogen and oxygen atoms in total. The third kappa shape index (κ3) is 8.54. The number of methoxy groups -OCH3 is 1. The second kappa shape index (κ2) is 10.2. The van der Waals surface area contributed by atoms with Gasteiger partial charge in [0, 0.05) is 12.3 Å². The van der Waals surface area contributed by atoms with Crippen LogP contribution in [0.1, 0.15) is 57.3 Å². The first-order valence-corrected chi connectivity index (χ1v) is 8.71. The van der Waals surface area contributed by atoms with Crippen molar-refractivity contribution in [3.8, 4) is 0 Å². The smallest absolute Gasteiger partial charge is 0.339 e. The maximum Gasteiger partial charge on any atom is 0.339 e. The standard InChI is InChI=1S/C8H8N2O4S.C5H10.C3H8/c1-14-8(11)5-3-6(10(12)13)7(15-2)9-4-5;1-5(2)3-4-5;1-3-2/h3-4H,1-2H3;3-4H2,1-2H3;3H2,1-2H3. The largest absolute Gasteiger partial charge is 0.465 e. The predicted molar refractivity (Wildman–Crippen MR) is 93.0 cm³/mol. The average Bonchev–Trinajstić information content (AvgIpc) is 3.22. The van der Waals surface area contributed by atoms with Crippen LogP contribution in [0.25, 0.3) is 0 Å². The molecule has 130 valence electrons. The lowest BCUT2D eigenvalue weighted by atomic mass is 10.2. The fourth-order valence-corrected chi connectivity index (χ4v) is 1.71. The van der Waals surface area contributed by atoms with Gasteiger partial charge in [0.25, 0.3) is 0 Å². The SMILES string of the molecule is CC1(C)CC1.CCC.COC(=O)c1cnc(SC)c([N+](=O)[O-])c1. The number of rotatable bonds is 3. The highest BCUT2D eigenvalue weighted by Gasteiger charge is 2.30. The average molecular weight is 342 g/mol. The molecule has 0 amide bonds. The van der Waals surface area contributed by atoms with Crippen LogP contribution >= 0.6 is 11.8 Å². The molecule has 1 heterocycles. The zero-order chi connectivity index (χ0) is 18.0. The minimum atomic E-state index is -0.641. The van der Waals surface area contributed by atoms with Crippen molar-refractivity contribution in [1.29, 1.82) is 0 Å². The van der Waals surface area contributed by atoms with Gasteiger partial charge >= 0.3 is 11.7 Å². The summed E-state index contributed by atoms with van der Waals surface area (Å²) in [4.78, 5) is 25.0. The number of pyridine rings is 1.